The molecule has 0 unspecified atom stereocenters. The average molecular weight is 383 g/mol. The lowest BCUT2D eigenvalue weighted by atomic mass is 9.96. The van der Waals surface area contributed by atoms with Crippen molar-refractivity contribution in [2.75, 3.05) is 25.6 Å². The van der Waals surface area contributed by atoms with Crippen LogP contribution in [0.5, 0.6) is 5.75 Å². The van der Waals surface area contributed by atoms with E-state index >= 15 is 0 Å². The zero-order valence-electron chi connectivity index (χ0n) is 15.1. The van der Waals surface area contributed by atoms with Gasteiger partial charge in [-0.15, -0.1) is 0 Å². The fourth-order valence-corrected chi connectivity index (χ4v) is 3.43. The van der Waals surface area contributed by atoms with Crippen LogP contribution in [0.2, 0.25) is 0 Å². The molecular formula is C19H18FN5O3. The molecule has 0 radical (unpaired) electrons. The lowest BCUT2D eigenvalue weighted by Crippen LogP contribution is -2.30. The molecule has 1 aromatic carbocycles. The van der Waals surface area contributed by atoms with Gasteiger partial charge in [0.1, 0.15) is 5.39 Å². The molecule has 144 valence electrons. The number of nitriles is 1. The molecule has 1 saturated heterocycles. The second kappa shape index (κ2) is 7.32. The molecular weight excluding hydrogens is 365 g/mol. The van der Waals surface area contributed by atoms with Crippen molar-refractivity contribution in [2.24, 2.45) is 5.92 Å². The van der Waals surface area contributed by atoms with Gasteiger partial charge in [-0.3, -0.25) is 9.48 Å². The fourth-order valence-electron chi connectivity index (χ4n) is 3.43. The molecule has 4 rings (SSSR count). The molecule has 3 aromatic rings. The van der Waals surface area contributed by atoms with Gasteiger partial charge in [-0.1, -0.05) is 0 Å². The van der Waals surface area contributed by atoms with Gasteiger partial charge in [0.05, 0.1) is 37.3 Å². The largest absolute Gasteiger partial charge is 0.494 e. The third-order valence-corrected chi connectivity index (χ3v) is 4.85. The van der Waals surface area contributed by atoms with Crippen molar-refractivity contribution in [1.82, 2.24) is 14.8 Å². The first-order valence-electron chi connectivity index (χ1n) is 8.80. The number of rotatable bonds is 4. The van der Waals surface area contributed by atoms with Crippen molar-refractivity contribution >= 4 is 22.4 Å². The van der Waals surface area contributed by atoms with Gasteiger partial charge >= 0.3 is 0 Å². The third kappa shape index (κ3) is 3.08. The van der Waals surface area contributed by atoms with Crippen molar-refractivity contribution in [2.45, 2.75) is 12.5 Å². The number of aromatic nitrogens is 3. The number of methoxy groups -OCH3 is 1. The zero-order chi connectivity index (χ0) is 19.7. The Bertz CT molecular complexity index is 1120. The number of anilines is 2. The highest BCUT2D eigenvalue weighted by Gasteiger charge is 2.30. The van der Waals surface area contributed by atoms with Gasteiger partial charge < -0.3 is 19.8 Å². The number of H-pyrrole nitrogens is 1. The van der Waals surface area contributed by atoms with Crippen molar-refractivity contribution in [3.63, 3.8) is 0 Å². The number of fused-ring (bicyclic) bond motifs is 1. The molecule has 0 bridgehead atoms. The molecule has 2 N–H and O–H groups in total. The summed E-state index contributed by atoms with van der Waals surface area (Å²) in [7, 11) is 1.38. The molecule has 1 aliphatic heterocycles. The Labute approximate surface area is 159 Å². The van der Waals surface area contributed by atoms with E-state index in [4.69, 9.17) is 9.47 Å². The molecule has 2 aromatic heterocycles. The maximum absolute atomic E-state index is 13.7. The Morgan fingerprint density at radius 2 is 2.32 bits per heavy atom. The Balaban J connectivity index is 1.81. The van der Waals surface area contributed by atoms with Gasteiger partial charge in [-0.25, -0.2) is 4.39 Å². The monoisotopic (exact) mass is 383 g/mol. The normalized spacial score (nSPS) is 19.3. The molecule has 8 nitrogen and oxygen atoms in total. The third-order valence-electron chi connectivity index (χ3n) is 4.85. The first-order chi connectivity index (χ1) is 13.6. The summed E-state index contributed by atoms with van der Waals surface area (Å²) in [6, 6.07) is 8.03. The average Bonchev–Trinajstić information content (AvgIpc) is 3.08. The molecule has 1 aliphatic rings. The van der Waals surface area contributed by atoms with Gasteiger partial charge in [0.2, 0.25) is 0 Å². The van der Waals surface area contributed by atoms with Crippen LogP contribution in [0.15, 0.2) is 35.3 Å². The van der Waals surface area contributed by atoms with Crippen LogP contribution in [0, 0.1) is 23.1 Å². The number of hydrogen-bond donors (Lipinski definition) is 2. The van der Waals surface area contributed by atoms with Crippen LogP contribution in [0.25, 0.3) is 10.9 Å². The molecule has 28 heavy (non-hydrogen) atoms. The highest BCUT2D eigenvalue weighted by atomic mass is 19.1. The van der Waals surface area contributed by atoms with Gasteiger partial charge in [0, 0.05) is 24.6 Å². The molecule has 2 atom stereocenters. The second-order valence-corrected chi connectivity index (χ2v) is 6.50. The summed E-state index contributed by atoms with van der Waals surface area (Å²) in [5.74, 6) is -0.368. The van der Waals surface area contributed by atoms with Gasteiger partial charge in [-0.05, 0) is 24.6 Å². The van der Waals surface area contributed by atoms with E-state index < -0.39 is 5.82 Å². The fraction of sp³-hybridized carbons (Fsp3) is 0.316. The number of halogens is 1. The van der Waals surface area contributed by atoms with Crippen LogP contribution < -0.4 is 15.6 Å². The smallest absolute Gasteiger partial charge is 0.261 e. The maximum atomic E-state index is 13.7. The lowest BCUT2D eigenvalue weighted by molar-refractivity contribution is 0.0359. The second-order valence-electron chi connectivity index (χ2n) is 6.50. The van der Waals surface area contributed by atoms with Crippen LogP contribution in [0.1, 0.15) is 12.5 Å². The summed E-state index contributed by atoms with van der Waals surface area (Å²) in [5, 5.41) is 17.5. The molecule has 1 fully saturated rings. The predicted octanol–water partition coefficient (Wildman–Crippen LogP) is 2.72. The van der Waals surface area contributed by atoms with E-state index in [2.05, 4.69) is 21.5 Å². The lowest BCUT2D eigenvalue weighted by Gasteiger charge is -2.27. The summed E-state index contributed by atoms with van der Waals surface area (Å²) in [4.78, 5) is 15.1. The number of aromatic amines is 1. The van der Waals surface area contributed by atoms with Crippen molar-refractivity contribution < 1.29 is 13.9 Å². The molecule has 9 heteroatoms. The minimum Gasteiger partial charge on any atom is -0.494 e. The summed E-state index contributed by atoms with van der Waals surface area (Å²) in [6.45, 7) is 0.862. The molecule has 0 amide bonds. The van der Waals surface area contributed by atoms with Crippen LogP contribution >= 0.6 is 0 Å². The van der Waals surface area contributed by atoms with Crippen molar-refractivity contribution in [3.8, 4) is 11.8 Å². The maximum Gasteiger partial charge on any atom is 0.261 e. The van der Waals surface area contributed by atoms with Gasteiger partial charge in [0.25, 0.3) is 5.56 Å². The SMILES string of the molecule is COc1cc(Nc2nn([C@@H]3COCC[C@H]3C#N)c3cc[nH]c(=O)c23)ccc1F. The van der Waals surface area contributed by atoms with E-state index in [-0.39, 0.29) is 23.3 Å². The van der Waals surface area contributed by atoms with Crippen LogP contribution in [0.3, 0.4) is 0 Å². The van der Waals surface area contributed by atoms with Gasteiger partial charge in [0.15, 0.2) is 17.4 Å². The van der Waals surface area contributed by atoms with E-state index in [1.165, 1.54) is 25.3 Å². The molecule has 3 heterocycles. The van der Waals surface area contributed by atoms with Crippen LogP contribution in [0.4, 0.5) is 15.9 Å². The first kappa shape index (κ1) is 18.0. The topological polar surface area (TPSA) is 105 Å². The number of nitrogens with zero attached hydrogens (tertiary/aromatic N) is 3. The van der Waals surface area contributed by atoms with Crippen LogP contribution in [-0.2, 0) is 4.74 Å². The van der Waals surface area contributed by atoms with E-state index in [1.807, 2.05) is 0 Å². The number of pyridine rings is 1. The van der Waals surface area contributed by atoms with Gasteiger partial charge in [-0.2, -0.15) is 10.4 Å². The number of ether oxygens (including phenoxy) is 2. The van der Waals surface area contributed by atoms with E-state index in [9.17, 15) is 14.4 Å². The van der Waals surface area contributed by atoms with E-state index in [0.29, 0.717) is 42.0 Å². The van der Waals surface area contributed by atoms with E-state index in [1.54, 1.807) is 16.9 Å². The number of nitrogens with one attached hydrogen (secondary N) is 2. The molecule has 0 aliphatic carbocycles. The number of hydrogen-bond acceptors (Lipinski definition) is 6. The highest BCUT2D eigenvalue weighted by molar-refractivity contribution is 5.91. The molecule has 0 spiro atoms. The quantitative estimate of drug-likeness (QED) is 0.718. The summed E-state index contributed by atoms with van der Waals surface area (Å²) >= 11 is 0. The Kier molecular flexibility index (Phi) is 4.71. The zero-order valence-corrected chi connectivity index (χ0v) is 15.1. The molecule has 0 saturated carbocycles. The minimum atomic E-state index is -0.488. The standard InChI is InChI=1S/C19H18FN5O3/c1-27-16-8-12(2-3-13(16)20)23-18-17-14(4-6-22-19(17)26)25(24-18)15-10-28-7-5-11(15)9-21/h2-4,6,8,11,15H,5,7,10H2,1H3,(H,22,26)(H,23,24)/t11-,15+/m0/s1. The summed E-state index contributed by atoms with van der Waals surface area (Å²) < 4.78 is 25.9. The Morgan fingerprint density at radius 3 is 3.11 bits per heavy atom. The summed E-state index contributed by atoms with van der Waals surface area (Å²) in [5.41, 5.74) is 0.798. The minimum absolute atomic E-state index is 0.0767. The highest BCUT2D eigenvalue weighted by Crippen LogP contribution is 2.32. The van der Waals surface area contributed by atoms with E-state index in [0.717, 1.165) is 0 Å². The summed E-state index contributed by atoms with van der Waals surface area (Å²) in [6.07, 6.45) is 2.14. The van der Waals surface area contributed by atoms with Crippen LogP contribution in [-0.4, -0.2) is 35.1 Å². The first-order valence-corrected chi connectivity index (χ1v) is 8.80. The Hall–Kier alpha value is -3.38. The number of benzene rings is 1. The Morgan fingerprint density at radius 1 is 1.46 bits per heavy atom. The van der Waals surface area contributed by atoms with Crippen molar-refractivity contribution in [1.29, 1.82) is 5.26 Å². The predicted molar refractivity (Wildman–Crippen MR) is 100 cm³/mol. The van der Waals surface area contributed by atoms with Crippen molar-refractivity contribution in [3.05, 3.63) is 46.6 Å².